The number of ketones is 1. The Balaban J connectivity index is 2.05. The standard InChI is InChI=1S/C22H25N3O4/c1-24(2)13-4-14-25-19(15-9-11-23-12-10-15)18(21(27)22(25)28)20(26)16-5-7-17(29-3)8-6-16/h5-12,19,26H,4,13-14H2,1-3H3/b20-18-. The fourth-order valence-corrected chi connectivity index (χ4v) is 3.46. The molecule has 0 saturated carbocycles. The maximum atomic E-state index is 12.9. The number of carbonyl (C=O) groups excluding carboxylic acids is 2. The van der Waals surface area contributed by atoms with E-state index in [2.05, 4.69) is 4.98 Å². The van der Waals surface area contributed by atoms with Crippen molar-refractivity contribution in [2.45, 2.75) is 12.5 Å². The van der Waals surface area contributed by atoms with E-state index in [1.54, 1.807) is 55.9 Å². The van der Waals surface area contributed by atoms with Gasteiger partial charge in [-0.3, -0.25) is 14.6 Å². The first-order chi connectivity index (χ1) is 13.9. The van der Waals surface area contributed by atoms with Gasteiger partial charge in [-0.1, -0.05) is 0 Å². The second-order valence-corrected chi connectivity index (χ2v) is 7.16. The van der Waals surface area contributed by atoms with Crippen LogP contribution in [0.1, 0.15) is 23.6 Å². The Bertz CT molecular complexity index is 907. The highest BCUT2D eigenvalue weighted by molar-refractivity contribution is 6.46. The van der Waals surface area contributed by atoms with Gasteiger partial charge in [-0.2, -0.15) is 0 Å². The number of ether oxygens (including phenoxy) is 1. The number of likely N-dealkylation sites (tertiary alicyclic amines) is 1. The number of aliphatic hydroxyl groups is 1. The summed E-state index contributed by atoms with van der Waals surface area (Å²) in [7, 11) is 5.47. The van der Waals surface area contributed by atoms with Crippen LogP contribution in [-0.2, 0) is 9.59 Å². The Morgan fingerprint density at radius 2 is 1.79 bits per heavy atom. The summed E-state index contributed by atoms with van der Waals surface area (Å²) >= 11 is 0. The number of amides is 1. The molecule has 0 radical (unpaired) electrons. The van der Waals surface area contributed by atoms with E-state index in [9.17, 15) is 14.7 Å². The summed E-state index contributed by atoms with van der Waals surface area (Å²) in [5.41, 5.74) is 1.28. The number of benzene rings is 1. The predicted molar refractivity (Wildman–Crippen MR) is 109 cm³/mol. The van der Waals surface area contributed by atoms with E-state index in [4.69, 9.17) is 4.74 Å². The highest BCUT2D eigenvalue weighted by Crippen LogP contribution is 2.39. The minimum Gasteiger partial charge on any atom is -0.507 e. The van der Waals surface area contributed by atoms with E-state index in [1.165, 1.54) is 4.90 Å². The molecule has 1 aliphatic heterocycles. The highest BCUT2D eigenvalue weighted by Gasteiger charge is 2.45. The molecule has 2 aromatic rings. The van der Waals surface area contributed by atoms with Gasteiger partial charge in [0.05, 0.1) is 18.7 Å². The summed E-state index contributed by atoms with van der Waals surface area (Å²) in [5, 5.41) is 11.0. The zero-order valence-electron chi connectivity index (χ0n) is 16.8. The largest absolute Gasteiger partial charge is 0.507 e. The van der Waals surface area contributed by atoms with Crippen molar-refractivity contribution < 1.29 is 19.4 Å². The molecule has 7 nitrogen and oxygen atoms in total. The Morgan fingerprint density at radius 1 is 1.14 bits per heavy atom. The molecule has 1 amide bonds. The van der Waals surface area contributed by atoms with Crippen molar-refractivity contribution in [3.8, 4) is 5.75 Å². The molecule has 2 heterocycles. The molecule has 3 rings (SSSR count). The minimum atomic E-state index is -0.676. The van der Waals surface area contributed by atoms with Crippen molar-refractivity contribution in [3.05, 3.63) is 65.5 Å². The molecule has 1 fully saturated rings. The first kappa shape index (κ1) is 20.5. The van der Waals surface area contributed by atoms with Crippen LogP contribution < -0.4 is 4.74 Å². The maximum Gasteiger partial charge on any atom is 0.295 e. The van der Waals surface area contributed by atoms with Crippen LogP contribution in [0.2, 0.25) is 0 Å². The molecule has 0 aliphatic carbocycles. The number of aliphatic hydroxyl groups excluding tert-OH is 1. The lowest BCUT2D eigenvalue weighted by Crippen LogP contribution is -2.32. The molecular formula is C22H25N3O4. The number of aromatic nitrogens is 1. The van der Waals surface area contributed by atoms with E-state index in [0.29, 0.717) is 24.3 Å². The molecule has 7 heteroatoms. The number of hydrogen-bond donors (Lipinski definition) is 1. The quantitative estimate of drug-likeness (QED) is 0.441. The van der Waals surface area contributed by atoms with Crippen molar-refractivity contribution in [2.75, 3.05) is 34.3 Å². The second-order valence-electron chi connectivity index (χ2n) is 7.16. The summed E-state index contributed by atoms with van der Waals surface area (Å²) in [4.78, 5) is 33.3. The monoisotopic (exact) mass is 395 g/mol. The van der Waals surface area contributed by atoms with Crippen molar-refractivity contribution in [3.63, 3.8) is 0 Å². The molecule has 0 spiro atoms. The lowest BCUT2D eigenvalue weighted by molar-refractivity contribution is -0.139. The normalized spacial score (nSPS) is 18.5. The molecule has 1 saturated heterocycles. The molecule has 1 aliphatic rings. The number of methoxy groups -OCH3 is 1. The van der Waals surface area contributed by atoms with E-state index < -0.39 is 17.7 Å². The molecule has 152 valence electrons. The molecular weight excluding hydrogens is 370 g/mol. The summed E-state index contributed by atoms with van der Waals surface area (Å²) < 4.78 is 5.15. The number of rotatable bonds is 7. The van der Waals surface area contributed by atoms with Crippen molar-refractivity contribution in [1.29, 1.82) is 0 Å². The SMILES string of the molecule is COc1ccc(/C(O)=C2/C(=O)C(=O)N(CCCN(C)C)C2c2ccncc2)cc1. The Hall–Kier alpha value is -3.19. The smallest absolute Gasteiger partial charge is 0.295 e. The third-order valence-corrected chi connectivity index (χ3v) is 4.93. The average molecular weight is 395 g/mol. The lowest BCUT2D eigenvalue weighted by Gasteiger charge is -2.25. The molecule has 0 bridgehead atoms. The third kappa shape index (κ3) is 4.30. The first-order valence-corrected chi connectivity index (χ1v) is 9.41. The highest BCUT2D eigenvalue weighted by atomic mass is 16.5. The number of hydrogen-bond acceptors (Lipinski definition) is 6. The van der Waals surface area contributed by atoms with Crippen LogP contribution in [0.15, 0.2) is 54.4 Å². The van der Waals surface area contributed by atoms with Gasteiger partial charge in [-0.05, 0) is 69.0 Å². The van der Waals surface area contributed by atoms with Crippen molar-refractivity contribution in [2.24, 2.45) is 0 Å². The summed E-state index contributed by atoms with van der Waals surface area (Å²) in [6.45, 7) is 1.19. The zero-order chi connectivity index (χ0) is 21.0. The van der Waals surface area contributed by atoms with Gasteiger partial charge in [0.25, 0.3) is 11.7 Å². The summed E-state index contributed by atoms with van der Waals surface area (Å²) in [5.74, 6) is -0.829. The molecule has 1 atom stereocenters. The number of nitrogens with zero attached hydrogens (tertiary/aromatic N) is 3. The van der Waals surface area contributed by atoms with Crippen LogP contribution in [0.5, 0.6) is 5.75 Å². The fraction of sp³-hybridized carbons (Fsp3) is 0.318. The number of pyridine rings is 1. The van der Waals surface area contributed by atoms with Crippen LogP contribution in [0.3, 0.4) is 0 Å². The Kier molecular flexibility index (Phi) is 6.29. The van der Waals surface area contributed by atoms with Gasteiger partial charge in [0.2, 0.25) is 0 Å². The van der Waals surface area contributed by atoms with Gasteiger partial charge in [0.15, 0.2) is 0 Å². The van der Waals surface area contributed by atoms with Gasteiger partial charge in [0, 0.05) is 24.5 Å². The van der Waals surface area contributed by atoms with Gasteiger partial charge in [0.1, 0.15) is 11.5 Å². The van der Waals surface area contributed by atoms with Crippen LogP contribution in [0.4, 0.5) is 0 Å². The van der Waals surface area contributed by atoms with Crippen LogP contribution >= 0.6 is 0 Å². The maximum absolute atomic E-state index is 12.9. The van der Waals surface area contributed by atoms with E-state index in [-0.39, 0.29) is 11.3 Å². The molecule has 1 aromatic carbocycles. The third-order valence-electron chi connectivity index (χ3n) is 4.93. The zero-order valence-corrected chi connectivity index (χ0v) is 16.8. The summed E-state index contributed by atoms with van der Waals surface area (Å²) in [6.07, 6.45) is 3.94. The Labute approximate surface area is 170 Å². The average Bonchev–Trinajstić information content (AvgIpc) is 2.98. The van der Waals surface area contributed by atoms with Gasteiger partial charge >= 0.3 is 0 Å². The molecule has 1 unspecified atom stereocenters. The molecule has 1 N–H and O–H groups in total. The van der Waals surface area contributed by atoms with Gasteiger partial charge in [-0.15, -0.1) is 0 Å². The number of carbonyl (C=O) groups is 2. The van der Waals surface area contributed by atoms with Crippen molar-refractivity contribution in [1.82, 2.24) is 14.8 Å². The second kappa shape index (κ2) is 8.87. The topological polar surface area (TPSA) is 83.0 Å². The van der Waals surface area contributed by atoms with E-state index >= 15 is 0 Å². The van der Waals surface area contributed by atoms with E-state index in [0.717, 1.165) is 12.1 Å². The predicted octanol–water partition coefficient (Wildman–Crippen LogP) is 2.46. The molecule has 29 heavy (non-hydrogen) atoms. The first-order valence-electron chi connectivity index (χ1n) is 9.41. The number of Topliss-reactive ketones (excluding diaryl/α,β-unsaturated/α-hetero) is 1. The Morgan fingerprint density at radius 3 is 2.38 bits per heavy atom. The minimum absolute atomic E-state index is 0.0937. The molecule has 1 aromatic heterocycles. The van der Waals surface area contributed by atoms with E-state index in [1.807, 2.05) is 19.0 Å². The van der Waals surface area contributed by atoms with Gasteiger partial charge in [-0.25, -0.2) is 0 Å². The summed E-state index contributed by atoms with van der Waals surface area (Å²) in [6, 6.07) is 9.59. The fourth-order valence-electron chi connectivity index (χ4n) is 3.46. The lowest BCUT2D eigenvalue weighted by atomic mass is 9.96. The van der Waals surface area contributed by atoms with Crippen molar-refractivity contribution >= 4 is 17.4 Å². The van der Waals surface area contributed by atoms with Gasteiger partial charge < -0.3 is 19.6 Å². The van der Waals surface area contributed by atoms with Crippen LogP contribution in [0.25, 0.3) is 5.76 Å². The van der Waals surface area contributed by atoms with Crippen LogP contribution in [-0.4, -0.2) is 65.9 Å². The van der Waals surface area contributed by atoms with Crippen LogP contribution in [0, 0.1) is 0 Å².